The van der Waals surface area contributed by atoms with E-state index in [9.17, 15) is 0 Å². The first-order chi connectivity index (χ1) is 14.0. The summed E-state index contributed by atoms with van der Waals surface area (Å²) >= 11 is 0. The van der Waals surface area contributed by atoms with Gasteiger partial charge in [0.2, 0.25) is 0 Å². The standard InChI is InChI=1S/C20H28N2O.C2H2O4/c21-15-17-7-9-20(10-8-17)23-14-4-3-12-22-13-11-18-5-1-2-6-19(18)16-22;3-1(4)2(5)6/h7-10,18-19H,1-6,11-14,16H2;(H,3,4)(H,5,6). The molecule has 158 valence electrons. The summed E-state index contributed by atoms with van der Waals surface area (Å²) in [6.45, 7) is 4.63. The van der Waals surface area contributed by atoms with Crippen molar-refractivity contribution < 1.29 is 24.5 Å². The Kier molecular flexibility index (Phi) is 9.45. The van der Waals surface area contributed by atoms with Crippen molar-refractivity contribution in [1.82, 2.24) is 4.90 Å². The fourth-order valence-electron chi connectivity index (χ4n) is 4.13. The smallest absolute Gasteiger partial charge is 0.414 e. The van der Waals surface area contributed by atoms with Gasteiger partial charge in [0.15, 0.2) is 0 Å². The highest BCUT2D eigenvalue weighted by Crippen LogP contribution is 2.36. The molecule has 0 radical (unpaired) electrons. The molecule has 1 aliphatic carbocycles. The average Bonchev–Trinajstić information content (AvgIpc) is 2.74. The molecule has 2 unspecified atom stereocenters. The predicted octanol–water partition coefficient (Wildman–Crippen LogP) is 3.38. The maximum absolute atomic E-state index is 9.10. The van der Waals surface area contributed by atoms with Gasteiger partial charge < -0.3 is 19.8 Å². The number of piperidine rings is 1. The fourth-order valence-corrected chi connectivity index (χ4v) is 4.13. The zero-order valence-electron chi connectivity index (χ0n) is 16.8. The minimum atomic E-state index is -1.82. The van der Waals surface area contributed by atoms with Gasteiger partial charge in [-0.05, 0) is 74.9 Å². The monoisotopic (exact) mass is 402 g/mol. The van der Waals surface area contributed by atoms with Crippen molar-refractivity contribution in [3.8, 4) is 11.8 Å². The van der Waals surface area contributed by atoms with Crippen LogP contribution in [0.5, 0.6) is 5.75 Å². The Morgan fingerprint density at radius 1 is 1.03 bits per heavy atom. The van der Waals surface area contributed by atoms with E-state index in [0.29, 0.717) is 5.56 Å². The molecule has 2 atom stereocenters. The summed E-state index contributed by atoms with van der Waals surface area (Å²) in [6, 6.07) is 9.51. The highest BCUT2D eigenvalue weighted by molar-refractivity contribution is 6.27. The van der Waals surface area contributed by atoms with E-state index in [2.05, 4.69) is 11.0 Å². The van der Waals surface area contributed by atoms with Crippen LogP contribution >= 0.6 is 0 Å². The van der Waals surface area contributed by atoms with Gasteiger partial charge >= 0.3 is 11.9 Å². The largest absolute Gasteiger partial charge is 0.494 e. The summed E-state index contributed by atoms with van der Waals surface area (Å²) < 4.78 is 5.75. The number of carbonyl (C=O) groups is 2. The van der Waals surface area contributed by atoms with E-state index in [4.69, 9.17) is 29.8 Å². The van der Waals surface area contributed by atoms with Crippen LogP contribution in [-0.4, -0.2) is 53.3 Å². The SMILES string of the molecule is N#Cc1ccc(OCCCCN2CCC3CCCCC3C2)cc1.O=C(O)C(=O)O. The number of unbranched alkanes of at least 4 members (excludes halogenated alkanes) is 1. The normalized spacial score (nSPS) is 21.1. The Bertz CT molecular complexity index is 686. The van der Waals surface area contributed by atoms with Crippen LogP contribution in [0, 0.1) is 23.2 Å². The van der Waals surface area contributed by atoms with Crippen molar-refractivity contribution in [2.45, 2.75) is 44.9 Å². The number of carboxylic acids is 2. The van der Waals surface area contributed by atoms with Gasteiger partial charge in [0.25, 0.3) is 0 Å². The molecule has 0 amide bonds. The van der Waals surface area contributed by atoms with Crippen molar-refractivity contribution in [2.75, 3.05) is 26.2 Å². The second kappa shape index (κ2) is 12.1. The van der Waals surface area contributed by atoms with Gasteiger partial charge in [-0.1, -0.05) is 19.3 Å². The van der Waals surface area contributed by atoms with Gasteiger partial charge in [-0.3, -0.25) is 0 Å². The molecule has 1 saturated carbocycles. The van der Waals surface area contributed by atoms with E-state index in [1.165, 1.54) is 58.2 Å². The molecule has 1 aromatic rings. The van der Waals surface area contributed by atoms with E-state index < -0.39 is 11.9 Å². The molecular weight excluding hydrogens is 372 g/mol. The second-order valence-corrected chi connectivity index (χ2v) is 7.70. The third kappa shape index (κ3) is 8.12. The zero-order valence-corrected chi connectivity index (χ0v) is 16.8. The fraction of sp³-hybridized carbons (Fsp3) is 0.591. The van der Waals surface area contributed by atoms with Crippen LogP contribution < -0.4 is 4.74 Å². The quantitative estimate of drug-likeness (QED) is 0.554. The number of aliphatic carboxylic acids is 2. The van der Waals surface area contributed by atoms with Crippen LogP contribution in [0.4, 0.5) is 0 Å². The van der Waals surface area contributed by atoms with Crippen LogP contribution in [0.15, 0.2) is 24.3 Å². The van der Waals surface area contributed by atoms with E-state index >= 15 is 0 Å². The van der Waals surface area contributed by atoms with E-state index in [0.717, 1.165) is 30.6 Å². The number of rotatable bonds is 6. The lowest BCUT2D eigenvalue weighted by atomic mass is 9.75. The molecular formula is C22H30N2O5. The molecule has 29 heavy (non-hydrogen) atoms. The van der Waals surface area contributed by atoms with Crippen molar-refractivity contribution >= 4 is 11.9 Å². The Hall–Kier alpha value is -2.59. The molecule has 0 spiro atoms. The Balaban J connectivity index is 0.000000438. The predicted molar refractivity (Wildman–Crippen MR) is 108 cm³/mol. The summed E-state index contributed by atoms with van der Waals surface area (Å²) in [5.74, 6) is -0.774. The average molecular weight is 402 g/mol. The summed E-state index contributed by atoms with van der Waals surface area (Å²) in [5.41, 5.74) is 0.684. The van der Waals surface area contributed by atoms with Crippen molar-refractivity contribution in [3.63, 3.8) is 0 Å². The van der Waals surface area contributed by atoms with Gasteiger partial charge in [-0.25, -0.2) is 9.59 Å². The van der Waals surface area contributed by atoms with Crippen LogP contribution in [0.1, 0.15) is 50.5 Å². The molecule has 1 saturated heterocycles. The van der Waals surface area contributed by atoms with Crippen molar-refractivity contribution in [1.29, 1.82) is 5.26 Å². The molecule has 0 bridgehead atoms. The van der Waals surface area contributed by atoms with Crippen molar-refractivity contribution in [3.05, 3.63) is 29.8 Å². The maximum atomic E-state index is 9.10. The Labute approximate surface area is 171 Å². The Morgan fingerprint density at radius 3 is 2.31 bits per heavy atom. The van der Waals surface area contributed by atoms with Gasteiger partial charge in [-0.2, -0.15) is 5.26 Å². The summed E-state index contributed by atoms with van der Waals surface area (Å²) in [6.07, 6.45) is 9.60. The van der Waals surface area contributed by atoms with Crippen LogP contribution in [-0.2, 0) is 9.59 Å². The lowest BCUT2D eigenvalue weighted by molar-refractivity contribution is -0.159. The number of carboxylic acid groups (broad SMARTS) is 2. The van der Waals surface area contributed by atoms with Crippen LogP contribution in [0.25, 0.3) is 0 Å². The first kappa shape index (κ1) is 22.7. The van der Waals surface area contributed by atoms with Gasteiger partial charge in [0.05, 0.1) is 18.2 Å². The molecule has 7 heteroatoms. The topological polar surface area (TPSA) is 111 Å². The lowest BCUT2D eigenvalue weighted by Gasteiger charge is -2.41. The van der Waals surface area contributed by atoms with Crippen LogP contribution in [0.2, 0.25) is 0 Å². The lowest BCUT2D eigenvalue weighted by Crippen LogP contribution is -2.42. The molecule has 1 heterocycles. The van der Waals surface area contributed by atoms with Crippen LogP contribution in [0.3, 0.4) is 0 Å². The number of benzene rings is 1. The van der Waals surface area contributed by atoms with Gasteiger partial charge in [0.1, 0.15) is 5.75 Å². The molecule has 2 aliphatic rings. The van der Waals surface area contributed by atoms with E-state index in [1.54, 1.807) is 0 Å². The van der Waals surface area contributed by atoms with E-state index in [1.807, 2.05) is 24.3 Å². The highest BCUT2D eigenvalue weighted by Gasteiger charge is 2.30. The third-order valence-electron chi connectivity index (χ3n) is 5.68. The Morgan fingerprint density at radius 2 is 1.69 bits per heavy atom. The molecule has 7 nitrogen and oxygen atoms in total. The minimum Gasteiger partial charge on any atom is -0.494 e. The number of hydrogen-bond donors (Lipinski definition) is 2. The summed E-state index contributed by atoms with van der Waals surface area (Å²) in [5, 5.41) is 23.6. The maximum Gasteiger partial charge on any atom is 0.414 e. The highest BCUT2D eigenvalue weighted by atomic mass is 16.5. The van der Waals surface area contributed by atoms with E-state index in [-0.39, 0.29) is 0 Å². The molecule has 1 aliphatic heterocycles. The summed E-state index contributed by atoms with van der Waals surface area (Å²) in [4.78, 5) is 20.9. The minimum absolute atomic E-state index is 0.684. The third-order valence-corrected chi connectivity index (χ3v) is 5.68. The molecule has 2 fully saturated rings. The molecule has 0 aromatic heterocycles. The molecule has 2 N–H and O–H groups in total. The first-order valence-electron chi connectivity index (χ1n) is 10.3. The first-order valence-corrected chi connectivity index (χ1v) is 10.3. The molecule has 3 rings (SSSR count). The number of nitriles is 1. The number of ether oxygens (including phenoxy) is 1. The molecule has 1 aromatic carbocycles. The van der Waals surface area contributed by atoms with Gasteiger partial charge in [-0.15, -0.1) is 0 Å². The summed E-state index contributed by atoms with van der Waals surface area (Å²) in [7, 11) is 0. The number of hydrogen-bond acceptors (Lipinski definition) is 5. The number of likely N-dealkylation sites (tertiary alicyclic amines) is 1. The number of nitrogens with zero attached hydrogens (tertiary/aromatic N) is 2. The second-order valence-electron chi connectivity index (χ2n) is 7.70. The zero-order chi connectivity index (χ0) is 21.1. The number of fused-ring (bicyclic) bond motifs is 1. The van der Waals surface area contributed by atoms with Gasteiger partial charge in [0, 0.05) is 6.54 Å². The van der Waals surface area contributed by atoms with Crippen molar-refractivity contribution in [2.24, 2.45) is 11.8 Å².